The summed E-state index contributed by atoms with van der Waals surface area (Å²) in [5.74, 6) is 1.44. The molecule has 7 nitrogen and oxygen atoms in total. The van der Waals surface area contributed by atoms with E-state index in [4.69, 9.17) is 9.15 Å². The van der Waals surface area contributed by atoms with Crippen LogP contribution >= 0.6 is 0 Å². The van der Waals surface area contributed by atoms with Gasteiger partial charge in [-0.2, -0.15) is 0 Å². The Morgan fingerprint density at radius 3 is 2.93 bits per heavy atom. The fraction of sp³-hybridized carbons (Fsp3) is 0.476. The van der Waals surface area contributed by atoms with Crippen LogP contribution in [0.4, 0.5) is 0 Å². The Hall–Kier alpha value is -2.83. The SMILES string of the molecule is CCc1nc(C)c(C(=O)NC2CCC(=O)N(Cc3cccc(OC)c3)CC2)o1. The van der Waals surface area contributed by atoms with Crippen molar-refractivity contribution in [3.8, 4) is 5.75 Å². The van der Waals surface area contributed by atoms with Crippen LogP contribution in [-0.2, 0) is 17.8 Å². The van der Waals surface area contributed by atoms with Gasteiger partial charge in [-0.3, -0.25) is 9.59 Å². The number of ether oxygens (including phenoxy) is 1. The zero-order valence-corrected chi connectivity index (χ0v) is 16.7. The molecule has 2 amide bonds. The Morgan fingerprint density at radius 2 is 2.21 bits per heavy atom. The summed E-state index contributed by atoms with van der Waals surface area (Å²) in [6.45, 7) is 4.83. The smallest absolute Gasteiger partial charge is 0.289 e. The van der Waals surface area contributed by atoms with E-state index in [0.29, 0.717) is 50.4 Å². The Bertz CT molecular complexity index is 846. The normalized spacial score (nSPS) is 17.3. The molecule has 1 atom stereocenters. The van der Waals surface area contributed by atoms with E-state index in [1.165, 1.54) is 0 Å². The number of nitrogens with one attached hydrogen (secondary N) is 1. The van der Waals surface area contributed by atoms with Crippen LogP contribution in [-0.4, -0.2) is 41.4 Å². The van der Waals surface area contributed by atoms with E-state index in [2.05, 4.69) is 10.3 Å². The highest BCUT2D eigenvalue weighted by Gasteiger charge is 2.26. The lowest BCUT2D eigenvalue weighted by Gasteiger charge is -2.21. The highest BCUT2D eigenvalue weighted by Crippen LogP contribution is 2.19. The van der Waals surface area contributed by atoms with Gasteiger partial charge in [0.05, 0.1) is 12.8 Å². The van der Waals surface area contributed by atoms with Crippen molar-refractivity contribution in [2.45, 2.75) is 52.1 Å². The fourth-order valence-electron chi connectivity index (χ4n) is 3.40. The number of methoxy groups -OCH3 is 1. The molecule has 3 rings (SSSR count). The molecule has 2 heterocycles. The van der Waals surface area contributed by atoms with Crippen molar-refractivity contribution >= 4 is 11.8 Å². The van der Waals surface area contributed by atoms with Gasteiger partial charge in [0.2, 0.25) is 11.7 Å². The first-order valence-electron chi connectivity index (χ1n) is 9.68. The fourth-order valence-corrected chi connectivity index (χ4v) is 3.40. The molecule has 150 valence electrons. The van der Waals surface area contributed by atoms with Gasteiger partial charge in [0.1, 0.15) is 5.75 Å². The molecule has 0 spiro atoms. The van der Waals surface area contributed by atoms with E-state index in [0.717, 1.165) is 11.3 Å². The number of aromatic nitrogens is 1. The second-order valence-corrected chi connectivity index (χ2v) is 7.04. The molecule has 1 fully saturated rings. The molecule has 0 aliphatic carbocycles. The van der Waals surface area contributed by atoms with Crippen LogP contribution in [0.3, 0.4) is 0 Å². The van der Waals surface area contributed by atoms with Gasteiger partial charge >= 0.3 is 0 Å². The molecule has 1 aromatic carbocycles. The lowest BCUT2D eigenvalue weighted by Crippen LogP contribution is -2.36. The van der Waals surface area contributed by atoms with Crippen molar-refractivity contribution in [2.75, 3.05) is 13.7 Å². The molecular formula is C21H27N3O4. The van der Waals surface area contributed by atoms with Gasteiger partial charge in [0, 0.05) is 32.0 Å². The Labute approximate surface area is 165 Å². The van der Waals surface area contributed by atoms with Gasteiger partial charge in [-0.05, 0) is 37.5 Å². The second kappa shape index (κ2) is 8.91. The number of hydrogen-bond donors (Lipinski definition) is 1. The first-order valence-corrected chi connectivity index (χ1v) is 9.68. The summed E-state index contributed by atoms with van der Waals surface area (Å²) in [5.41, 5.74) is 1.62. The van der Waals surface area contributed by atoms with Crippen molar-refractivity contribution in [1.82, 2.24) is 15.2 Å². The van der Waals surface area contributed by atoms with Gasteiger partial charge in [-0.1, -0.05) is 19.1 Å². The second-order valence-electron chi connectivity index (χ2n) is 7.04. The number of benzene rings is 1. The Morgan fingerprint density at radius 1 is 1.39 bits per heavy atom. The van der Waals surface area contributed by atoms with Crippen molar-refractivity contribution in [3.63, 3.8) is 0 Å². The topological polar surface area (TPSA) is 84.7 Å². The average molecular weight is 385 g/mol. The van der Waals surface area contributed by atoms with E-state index < -0.39 is 0 Å². The third-order valence-corrected chi connectivity index (χ3v) is 5.00. The molecule has 28 heavy (non-hydrogen) atoms. The summed E-state index contributed by atoms with van der Waals surface area (Å²) in [6.07, 6.45) is 2.37. The number of likely N-dealkylation sites (tertiary alicyclic amines) is 1. The van der Waals surface area contributed by atoms with E-state index in [-0.39, 0.29) is 23.6 Å². The molecule has 2 aromatic rings. The number of oxazole rings is 1. The van der Waals surface area contributed by atoms with E-state index in [9.17, 15) is 9.59 Å². The number of nitrogens with zero attached hydrogens (tertiary/aromatic N) is 2. The van der Waals surface area contributed by atoms with Gasteiger partial charge in [-0.25, -0.2) is 4.98 Å². The zero-order chi connectivity index (χ0) is 20.1. The molecule has 1 aromatic heterocycles. The molecule has 1 aliphatic heterocycles. The molecule has 7 heteroatoms. The largest absolute Gasteiger partial charge is 0.497 e. The molecule has 1 saturated heterocycles. The number of carbonyl (C=O) groups excluding carboxylic acids is 2. The zero-order valence-electron chi connectivity index (χ0n) is 16.7. The van der Waals surface area contributed by atoms with Crippen LogP contribution in [0.15, 0.2) is 28.7 Å². The van der Waals surface area contributed by atoms with Crippen molar-refractivity contribution in [3.05, 3.63) is 47.2 Å². The van der Waals surface area contributed by atoms with Crippen LogP contribution in [0.5, 0.6) is 5.75 Å². The van der Waals surface area contributed by atoms with Gasteiger partial charge in [0.25, 0.3) is 5.91 Å². The van der Waals surface area contributed by atoms with Gasteiger partial charge in [-0.15, -0.1) is 0 Å². The van der Waals surface area contributed by atoms with E-state index in [1.807, 2.05) is 36.1 Å². The molecule has 0 radical (unpaired) electrons. The van der Waals surface area contributed by atoms with Crippen molar-refractivity contribution < 1.29 is 18.7 Å². The van der Waals surface area contributed by atoms with Crippen molar-refractivity contribution in [2.24, 2.45) is 0 Å². The number of carbonyl (C=O) groups is 2. The third kappa shape index (κ3) is 4.71. The first kappa shape index (κ1) is 19.9. The van der Waals surface area contributed by atoms with Crippen LogP contribution in [0.1, 0.15) is 53.9 Å². The van der Waals surface area contributed by atoms with Crippen LogP contribution in [0.2, 0.25) is 0 Å². The molecule has 0 bridgehead atoms. The standard InChI is InChI=1S/C21H27N3O4/c1-4-18-22-14(2)20(28-18)21(26)23-16-8-9-19(25)24(11-10-16)13-15-6-5-7-17(12-15)27-3/h5-7,12,16H,4,8-11,13H2,1-3H3,(H,23,26). The van der Waals surface area contributed by atoms with E-state index >= 15 is 0 Å². The van der Waals surface area contributed by atoms with Gasteiger partial charge < -0.3 is 19.4 Å². The lowest BCUT2D eigenvalue weighted by atomic mass is 10.1. The van der Waals surface area contributed by atoms with Crippen LogP contribution in [0, 0.1) is 6.92 Å². The molecule has 0 saturated carbocycles. The predicted molar refractivity (Wildman–Crippen MR) is 104 cm³/mol. The number of rotatable bonds is 6. The minimum atomic E-state index is -0.261. The van der Waals surface area contributed by atoms with E-state index in [1.54, 1.807) is 14.0 Å². The molecule has 1 N–H and O–H groups in total. The monoisotopic (exact) mass is 385 g/mol. The maximum atomic E-state index is 12.5. The maximum absolute atomic E-state index is 12.5. The number of amides is 2. The quantitative estimate of drug-likeness (QED) is 0.826. The first-order chi connectivity index (χ1) is 13.5. The lowest BCUT2D eigenvalue weighted by molar-refractivity contribution is -0.131. The highest BCUT2D eigenvalue weighted by atomic mass is 16.5. The van der Waals surface area contributed by atoms with Crippen LogP contribution in [0.25, 0.3) is 0 Å². The summed E-state index contributed by atoms with van der Waals surface area (Å²) in [5, 5.41) is 3.01. The minimum absolute atomic E-state index is 0.0682. The number of aryl methyl sites for hydroxylation is 2. The summed E-state index contributed by atoms with van der Waals surface area (Å²) >= 11 is 0. The highest BCUT2D eigenvalue weighted by molar-refractivity contribution is 5.92. The predicted octanol–water partition coefficient (Wildman–Crippen LogP) is 2.87. The maximum Gasteiger partial charge on any atom is 0.289 e. The third-order valence-electron chi connectivity index (χ3n) is 5.00. The summed E-state index contributed by atoms with van der Waals surface area (Å²) in [4.78, 5) is 31.2. The molecular weight excluding hydrogens is 358 g/mol. The Balaban J connectivity index is 1.60. The summed E-state index contributed by atoms with van der Waals surface area (Å²) < 4.78 is 10.8. The summed E-state index contributed by atoms with van der Waals surface area (Å²) in [6, 6.07) is 7.66. The molecule has 1 aliphatic rings. The number of hydrogen-bond acceptors (Lipinski definition) is 5. The molecule has 1 unspecified atom stereocenters. The summed E-state index contributed by atoms with van der Waals surface area (Å²) in [7, 11) is 1.63. The van der Waals surface area contributed by atoms with Crippen molar-refractivity contribution in [1.29, 1.82) is 0 Å². The minimum Gasteiger partial charge on any atom is -0.497 e. The average Bonchev–Trinajstić information content (AvgIpc) is 3.01. The van der Waals surface area contributed by atoms with Crippen LogP contribution < -0.4 is 10.1 Å². The Kier molecular flexibility index (Phi) is 6.34. The van der Waals surface area contributed by atoms with Gasteiger partial charge in [0.15, 0.2) is 5.89 Å².